The van der Waals surface area contributed by atoms with Gasteiger partial charge in [0.2, 0.25) is 0 Å². The minimum absolute atomic E-state index is 0.0331. The highest BCUT2D eigenvalue weighted by atomic mass is 31.2. The minimum atomic E-state index is -4.37. The van der Waals surface area contributed by atoms with Crippen molar-refractivity contribution < 1.29 is 42.1 Å². The van der Waals surface area contributed by atoms with Crippen molar-refractivity contribution in [2.75, 3.05) is 47.5 Å². The second-order valence-electron chi connectivity index (χ2n) is 16.1. The van der Waals surface area contributed by atoms with E-state index in [0.717, 1.165) is 51.4 Å². The first-order valence-corrected chi connectivity index (χ1v) is 23.4. The number of quaternary nitrogens is 1. The molecule has 0 spiro atoms. The summed E-state index contributed by atoms with van der Waals surface area (Å²) in [6, 6.07) is 0. The molecule has 0 aliphatic rings. The van der Waals surface area contributed by atoms with E-state index >= 15 is 0 Å². The van der Waals surface area contributed by atoms with Gasteiger partial charge in [-0.15, -0.1) is 0 Å². The maximum absolute atomic E-state index is 12.7. The molecule has 10 heteroatoms. The number of phosphoric ester groups is 1. The fraction of sp³-hybridized carbons (Fsp3) is 0.907. The lowest BCUT2D eigenvalue weighted by atomic mass is 10.0. The minimum Gasteiger partial charge on any atom is -0.462 e. The largest absolute Gasteiger partial charge is 0.472 e. The molecule has 0 aromatic carbocycles. The number of esters is 2. The molecule has 0 aromatic rings. The van der Waals surface area contributed by atoms with E-state index in [2.05, 4.69) is 26.0 Å². The molecule has 314 valence electrons. The lowest BCUT2D eigenvalue weighted by Gasteiger charge is -2.24. The summed E-state index contributed by atoms with van der Waals surface area (Å²) in [7, 11) is 1.48. The van der Waals surface area contributed by atoms with Crippen molar-refractivity contribution >= 4 is 19.8 Å². The van der Waals surface area contributed by atoms with Gasteiger partial charge >= 0.3 is 19.8 Å². The van der Waals surface area contributed by atoms with E-state index in [-0.39, 0.29) is 25.6 Å². The number of carbonyl (C=O) groups is 2. The Balaban J connectivity index is 4.36. The van der Waals surface area contributed by atoms with Crippen molar-refractivity contribution in [3.8, 4) is 0 Å². The zero-order valence-electron chi connectivity index (χ0n) is 35.3. The van der Waals surface area contributed by atoms with Crippen molar-refractivity contribution in [2.45, 2.75) is 206 Å². The molecule has 0 rings (SSSR count). The summed E-state index contributed by atoms with van der Waals surface area (Å²) in [5, 5.41) is 0. The van der Waals surface area contributed by atoms with Gasteiger partial charge in [-0.1, -0.05) is 161 Å². The first-order chi connectivity index (χ1) is 25.5. The fourth-order valence-corrected chi connectivity index (χ4v) is 6.81. The van der Waals surface area contributed by atoms with Gasteiger partial charge < -0.3 is 18.9 Å². The smallest absolute Gasteiger partial charge is 0.462 e. The number of unbranched alkanes of at least 4 members (excludes halogenated alkanes) is 24. The van der Waals surface area contributed by atoms with Crippen LogP contribution in [-0.4, -0.2) is 74.9 Å². The monoisotopic (exact) mass is 775 g/mol. The van der Waals surface area contributed by atoms with Crippen LogP contribution in [0.5, 0.6) is 0 Å². The summed E-state index contributed by atoms with van der Waals surface area (Å²) in [6.45, 7) is 4.42. The van der Waals surface area contributed by atoms with E-state index in [1.54, 1.807) is 0 Å². The Hall–Kier alpha value is -1.25. The SMILES string of the molecule is CCCCCCCC/C=C\CCCCCCCC(=O)O[C@H](COC(=O)CCCCCCCCCCCCCCCC)COP(=O)(O)OCC[N+](C)(C)C. The Morgan fingerprint density at radius 1 is 0.566 bits per heavy atom. The molecule has 0 aromatic heterocycles. The predicted octanol–water partition coefficient (Wildman–Crippen LogP) is 12.2. The zero-order valence-corrected chi connectivity index (χ0v) is 36.2. The number of hydrogen-bond acceptors (Lipinski definition) is 7. The fourth-order valence-electron chi connectivity index (χ4n) is 6.07. The van der Waals surface area contributed by atoms with Crippen molar-refractivity contribution in [3.63, 3.8) is 0 Å². The first-order valence-electron chi connectivity index (χ1n) is 21.9. The summed E-state index contributed by atoms with van der Waals surface area (Å²) in [4.78, 5) is 35.3. The van der Waals surface area contributed by atoms with Crippen LogP contribution in [0.15, 0.2) is 12.2 Å². The van der Waals surface area contributed by atoms with Crippen LogP contribution in [-0.2, 0) is 32.7 Å². The van der Waals surface area contributed by atoms with Crippen LogP contribution in [0.1, 0.15) is 200 Å². The van der Waals surface area contributed by atoms with Gasteiger partial charge in [0.15, 0.2) is 6.10 Å². The molecule has 0 radical (unpaired) electrons. The Morgan fingerprint density at radius 3 is 1.40 bits per heavy atom. The number of nitrogens with zero attached hydrogens (tertiary/aromatic N) is 1. The van der Waals surface area contributed by atoms with Gasteiger partial charge in [-0.3, -0.25) is 18.6 Å². The molecule has 0 aliphatic heterocycles. The van der Waals surface area contributed by atoms with Gasteiger partial charge in [-0.25, -0.2) is 4.57 Å². The van der Waals surface area contributed by atoms with Crippen molar-refractivity contribution in [3.05, 3.63) is 12.2 Å². The Morgan fingerprint density at radius 2 is 0.962 bits per heavy atom. The maximum Gasteiger partial charge on any atom is 0.472 e. The van der Waals surface area contributed by atoms with Crippen LogP contribution < -0.4 is 0 Å². The first kappa shape index (κ1) is 51.8. The molecule has 0 heterocycles. The lowest BCUT2D eigenvalue weighted by molar-refractivity contribution is -0.870. The van der Waals surface area contributed by atoms with Gasteiger partial charge in [0, 0.05) is 12.8 Å². The normalized spacial score (nSPS) is 13.7. The van der Waals surface area contributed by atoms with Crippen LogP contribution in [0.3, 0.4) is 0 Å². The lowest BCUT2D eigenvalue weighted by Crippen LogP contribution is -2.37. The highest BCUT2D eigenvalue weighted by molar-refractivity contribution is 7.47. The van der Waals surface area contributed by atoms with Crippen LogP contribution in [0.2, 0.25) is 0 Å². The molecular weight excluding hydrogens is 689 g/mol. The Bertz CT molecular complexity index is 922. The molecule has 53 heavy (non-hydrogen) atoms. The van der Waals surface area contributed by atoms with Crippen LogP contribution in [0.25, 0.3) is 0 Å². The highest BCUT2D eigenvalue weighted by Gasteiger charge is 2.27. The molecule has 0 fully saturated rings. The van der Waals surface area contributed by atoms with E-state index in [0.29, 0.717) is 23.9 Å². The summed E-state index contributed by atoms with van der Waals surface area (Å²) in [5.74, 6) is -0.799. The van der Waals surface area contributed by atoms with Crippen LogP contribution in [0.4, 0.5) is 0 Å². The molecule has 0 saturated carbocycles. The quantitative estimate of drug-likeness (QED) is 0.0215. The third-order valence-electron chi connectivity index (χ3n) is 9.55. The Kier molecular flexibility index (Phi) is 35.5. The summed E-state index contributed by atoms with van der Waals surface area (Å²) in [5.41, 5.74) is 0. The van der Waals surface area contributed by atoms with E-state index in [9.17, 15) is 19.0 Å². The molecular formula is C43H85NO8P+. The summed E-state index contributed by atoms with van der Waals surface area (Å²) >= 11 is 0. The standard InChI is InChI=1S/C43H84NO8P/c1-6-8-10-12-14-16-18-20-22-24-26-28-30-32-34-36-43(46)52-41(40-51-53(47,48)50-38-37-44(3,4)5)39-49-42(45)35-33-31-29-27-25-23-21-19-17-15-13-11-9-7-2/h20,22,41H,6-19,21,23-40H2,1-5H3/p+1/b22-20-/t41-/m1/s1. The summed E-state index contributed by atoms with van der Waals surface area (Å²) in [6.07, 6.45) is 36.8. The van der Waals surface area contributed by atoms with Gasteiger partial charge in [-0.05, 0) is 38.5 Å². The number of hydrogen-bond donors (Lipinski definition) is 1. The molecule has 9 nitrogen and oxygen atoms in total. The topological polar surface area (TPSA) is 108 Å². The molecule has 1 N–H and O–H groups in total. The van der Waals surface area contributed by atoms with Crippen molar-refractivity contribution in [1.29, 1.82) is 0 Å². The third-order valence-corrected chi connectivity index (χ3v) is 10.5. The van der Waals surface area contributed by atoms with E-state index < -0.39 is 26.5 Å². The number of phosphoric acid groups is 1. The summed E-state index contributed by atoms with van der Waals surface area (Å²) < 4.78 is 34.3. The van der Waals surface area contributed by atoms with Gasteiger partial charge in [0.25, 0.3) is 0 Å². The second kappa shape index (κ2) is 36.4. The molecule has 0 saturated heterocycles. The van der Waals surface area contributed by atoms with Gasteiger partial charge in [-0.2, -0.15) is 0 Å². The molecule has 2 atom stereocenters. The molecule has 0 bridgehead atoms. The molecule has 0 amide bonds. The third kappa shape index (κ3) is 40.2. The van der Waals surface area contributed by atoms with Gasteiger partial charge in [0.05, 0.1) is 27.7 Å². The van der Waals surface area contributed by atoms with Crippen LogP contribution in [0, 0.1) is 0 Å². The highest BCUT2D eigenvalue weighted by Crippen LogP contribution is 2.43. The molecule has 1 unspecified atom stereocenters. The van der Waals surface area contributed by atoms with Crippen molar-refractivity contribution in [2.24, 2.45) is 0 Å². The second-order valence-corrected chi connectivity index (χ2v) is 17.5. The average molecular weight is 775 g/mol. The Labute approximate surface area is 326 Å². The van der Waals surface area contributed by atoms with Crippen molar-refractivity contribution in [1.82, 2.24) is 0 Å². The van der Waals surface area contributed by atoms with E-state index in [1.165, 1.54) is 116 Å². The number of carbonyl (C=O) groups excluding carboxylic acids is 2. The maximum atomic E-state index is 12.7. The number of likely N-dealkylation sites (N-methyl/N-ethyl adjacent to an activating group) is 1. The predicted molar refractivity (Wildman–Crippen MR) is 220 cm³/mol. The number of rotatable bonds is 40. The van der Waals surface area contributed by atoms with E-state index in [4.69, 9.17) is 18.5 Å². The molecule has 0 aliphatic carbocycles. The van der Waals surface area contributed by atoms with E-state index in [1.807, 2.05) is 21.1 Å². The average Bonchev–Trinajstić information content (AvgIpc) is 3.10. The zero-order chi connectivity index (χ0) is 39.3. The van der Waals surface area contributed by atoms with Crippen LogP contribution >= 0.6 is 7.82 Å². The number of ether oxygens (including phenoxy) is 2. The number of allylic oxidation sites excluding steroid dienone is 2. The van der Waals surface area contributed by atoms with Gasteiger partial charge in [0.1, 0.15) is 19.8 Å².